The molecule has 0 saturated heterocycles. The van der Waals surface area contributed by atoms with Crippen LogP contribution in [0.15, 0.2) is 72.3 Å². The van der Waals surface area contributed by atoms with Gasteiger partial charge < -0.3 is 0 Å². The van der Waals surface area contributed by atoms with E-state index in [9.17, 15) is 0 Å². The van der Waals surface area contributed by atoms with Crippen molar-refractivity contribution in [2.24, 2.45) is 0 Å². The summed E-state index contributed by atoms with van der Waals surface area (Å²) in [4.78, 5) is 0. The summed E-state index contributed by atoms with van der Waals surface area (Å²) in [5.41, 5.74) is 1.47. The van der Waals surface area contributed by atoms with Crippen molar-refractivity contribution in [2.45, 2.75) is 32.9 Å². The summed E-state index contributed by atoms with van der Waals surface area (Å²) >= 11 is 5.01. The van der Waals surface area contributed by atoms with Crippen molar-refractivity contribution in [1.82, 2.24) is 0 Å². The lowest BCUT2D eigenvalue weighted by Gasteiger charge is -2.32. The summed E-state index contributed by atoms with van der Waals surface area (Å²) in [6.45, 7) is 8.86. The molecule has 2 aromatic carbocycles. The summed E-state index contributed by atoms with van der Waals surface area (Å²) < 4.78 is 0. The van der Waals surface area contributed by atoms with Crippen molar-refractivity contribution in [3.63, 3.8) is 0 Å². The van der Waals surface area contributed by atoms with E-state index in [0.29, 0.717) is 0 Å². The minimum atomic E-state index is -0.292. The molecule has 0 bridgehead atoms. The second-order valence-corrected chi connectivity index (χ2v) is 8.93. The van der Waals surface area contributed by atoms with Gasteiger partial charge in [-0.2, -0.15) is 0 Å². The molecule has 2 rings (SSSR count). The first-order valence-corrected chi connectivity index (χ1v) is 8.90. The Morgan fingerprint density at radius 2 is 1.14 bits per heavy atom. The number of benzene rings is 2. The van der Waals surface area contributed by atoms with Gasteiger partial charge in [-0.1, -0.05) is 99.1 Å². The molecule has 0 N–H and O–H groups in total. The molecule has 0 spiro atoms. The van der Waals surface area contributed by atoms with Crippen LogP contribution in [0.1, 0.15) is 27.7 Å². The molecule has 2 aromatic rings. The highest BCUT2D eigenvalue weighted by molar-refractivity contribution is 7.74. The van der Waals surface area contributed by atoms with Crippen molar-refractivity contribution in [3.8, 4) is 0 Å². The Morgan fingerprint density at radius 1 is 0.810 bits per heavy atom. The highest BCUT2D eigenvalue weighted by Crippen LogP contribution is 2.47. The normalized spacial score (nSPS) is 11.3. The second kappa shape index (κ2) is 9.03. The van der Waals surface area contributed by atoms with Crippen LogP contribution in [0.5, 0.6) is 0 Å². The molecule has 2 heteroatoms. The van der Waals surface area contributed by atoms with E-state index in [2.05, 4.69) is 81.4 Å². The lowest BCUT2D eigenvalue weighted by molar-refractivity contribution is 0.793. The fourth-order valence-corrected chi connectivity index (χ4v) is 4.87. The first kappa shape index (κ1) is 18.0. The molecule has 0 radical (unpaired) electrons. The smallest absolute Gasteiger partial charge is 0.0000330 e. The zero-order chi connectivity index (χ0) is 15.7. The molecule has 0 atom stereocenters. The molecule has 21 heavy (non-hydrogen) atoms. The highest BCUT2D eigenvalue weighted by Gasteiger charge is 2.26. The van der Waals surface area contributed by atoms with Gasteiger partial charge in [-0.05, 0) is 36.1 Å². The molecule has 0 aliphatic carbocycles. The average molecular weight is 319 g/mol. The molecule has 0 nitrogen and oxygen atoms in total. The van der Waals surface area contributed by atoms with Gasteiger partial charge in [0.15, 0.2) is 0 Å². The Labute approximate surface area is 135 Å². The Bertz CT molecular complexity index is 483. The lowest BCUT2D eigenvalue weighted by Crippen LogP contribution is -2.26. The van der Waals surface area contributed by atoms with Gasteiger partial charge in [-0.25, -0.2) is 0 Å². The molecule has 0 fully saturated rings. The van der Waals surface area contributed by atoms with Crippen molar-refractivity contribution < 1.29 is 0 Å². The van der Waals surface area contributed by atoms with Crippen LogP contribution in [0.2, 0.25) is 0 Å². The summed E-state index contributed by atoms with van der Waals surface area (Å²) in [5, 5.41) is 3.21. The second-order valence-electron chi connectivity index (χ2n) is 5.64. The van der Waals surface area contributed by atoms with E-state index in [4.69, 9.17) is 11.6 Å². The third-order valence-electron chi connectivity index (χ3n) is 2.83. The zero-order valence-corrected chi connectivity index (χ0v) is 14.9. The van der Waals surface area contributed by atoms with Crippen LogP contribution < -0.4 is 10.6 Å². The van der Waals surface area contributed by atoms with E-state index in [0.717, 1.165) is 0 Å². The molecule has 0 unspecified atom stereocenters. The maximum absolute atomic E-state index is 5.01. The number of rotatable bonds is 2. The Morgan fingerprint density at radius 3 is 1.38 bits per heavy atom. The molecular weight excluding hydrogens is 295 g/mol. The largest absolute Gasteiger partial charge is 0.0933 e. The van der Waals surface area contributed by atoms with Crippen molar-refractivity contribution in [2.75, 3.05) is 0 Å². The molecule has 0 aromatic heterocycles. The maximum atomic E-state index is 5.01. The Hall–Kier alpha value is -1.10. The summed E-state index contributed by atoms with van der Waals surface area (Å²) in [5.74, 6) is 0. The lowest BCUT2D eigenvalue weighted by atomic mass is 10.3. The molecular formula is C19H24ClP. The molecule has 0 heterocycles. The van der Waals surface area contributed by atoms with Crippen LogP contribution in [0, 0.1) is 0 Å². The van der Waals surface area contributed by atoms with Crippen molar-refractivity contribution in [1.29, 1.82) is 0 Å². The molecule has 0 aliphatic heterocycles. The summed E-state index contributed by atoms with van der Waals surface area (Å²) in [6.07, 6.45) is 1.77. The van der Waals surface area contributed by atoms with Gasteiger partial charge in [0.1, 0.15) is 0 Å². The van der Waals surface area contributed by atoms with Gasteiger partial charge in [0.25, 0.3) is 0 Å². The van der Waals surface area contributed by atoms with Crippen LogP contribution >= 0.6 is 19.5 Å². The van der Waals surface area contributed by atoms with Crippen LogP contribution in [0.3, 0.4) is 0 Å². The van der Waals surface area contributed by atoms with E-state index in [1.54, 1.807) is 6.08 Å². The van der Waals surface area contributed by atoms with E-state index < -0.39 is 0 Å². The Balaban J connectivity index is 0.000000491. The van der Waals surface area contributed by atoms with Gasteiger partial charge in [-0.15, -0.1) is 0 Å². The summed E-state index contributed by atoms with van der Waals surface area (Å²) in [7, 11) is -0.292. The Kier molecular flexibility index (Phi) is 7.72. The standard InChI is InChI=1S/C16H19P.C3H5Cl/c1-16(2,3)17(14-10-6-4-7-11-14)15-12-8-5-9-13-15;1-2-3-4/h4-13H,1-3H3;2-3H,1H3. The minimum absolute atomic E-state index is 0.290. The first-order valence-electron chi connectivity index (χ1n) is 7.12. The maximum Gasteiger partial charge on any atom is -0.0000330 e. The van der Waals surface area contributed by atoms with Crippen LogP contribution in [-0.2, 0) is 0 Å². The van der Waals surface area contributed by atoms with Gasteiger partial charge in [0, 0.05) is 0 Å². The predicted octanol–water partition coefficient (Wildman–Crippen LogP) is 5.68. The monoisotopic (exact) mass is 318 g/mol. The van der Waals surface area contributed by atoms with E-state index >= 15 is 0 Å². The van der Waals surface area contributed by atoms with Crippen LogP contribution in [-0.4, -0.2) is 5.16 Å². The van der Waals surface area contributed by atoms with Gasteiger partial charge in [0.05, 0.1) is 0 Å². The van der Waals surface area contributed by atoms with E-state index in [-0.39, 0.29) is 13.1 Å². The topological polar surface area (TPSA) is 0 Å². The van der Waals surface area contributed by atoms with Gasteiger partial charge in [-0.3, -0.25) is 0 Å². The van der Waals surface area contributed by atoms with Crippen LogP contribution in [0.25, 0.3) is 0 Å². The number of hydrogen-bond donors (Lipinski definition) is 0. The zero-order valence-electron chi connectivity index (χ0n) is 13.3. The molecule has 0 aliphatic rings. The molecule has 112 valence electrons. The van der Waals surface area contributed by atoms with Crippen molar-refractivity contribution in [3.05, 3.63) is 72.3 Å². The quantitative estimate of drug-likeness (QED) is 0.625. The fraction of sp³-hybridized carbons (Fsp3) is 0.263. The third kappa shape index (κ3) is 6.04. The number of halogens is 1. The van der Waals surface area contributed by atoms with E-state index in [1.807, 2.05) is 6.92 Å². The average Bonchev–Trinajstić information content (AvgIpc) is 2.48. The molecule has 0 amide bonds. The summed E-state index contributed by atoms with van der Waals surface area (Å²) in [6, 6.07) is 21.7. The van der Waals surface area contributed by atoms with Crippen LogP contribution in [0.4, 0.5) is 0 Å². The van der Waals surface area contributed by atoms with E-state index in [1.165, 1.54) is 16.1 Å². The van der Waals surface area contributed by atoms with Gasteiger partial charge in [0.2, 0.25) is 0 Å². The predicted molar refractivity (Wildman–Crippen MR) is 99.5 cm³/mol. The number of hydrogen-bond acceptors (Lipinski definition) is 0. The minimum Gasteiger partial charge on any atom is -0.0933 e. The third-order valence-corrected chi connectivity index (χ3v) is 6.05. The first-order chi connectivity index (χ1) is 10.0. The molecule has 0 saturated carbocycles. The van der Waals surface area contributed by atoms with Gasteiger partial charge >= 0.3 is 0 Å². The fourth-order valence-electron chi connectivity index (χ4n) is 2.08. The van der Waals surface area contributed by atoms with Crippen molar-refractivity contribution >= 4 is 30.1 Å². The number of allylic oxidation sites excluding steroid dienone is 1. The SMILES string of the molecule is CC(C)(C)P(c1ccccc1)c1ccccc1.CC=CCl. The highest BCUT2D eigenvalue weighted by atomic mass is 35.5.